The summed E-state index contributed by atoms with van der Waals surface area (Å²) in [7, 11) is 0. The summed E-state index contributed by atoms with van der Waals surface area (Å²) < 4.78 is 11.1. The summed E-state index contributed by atoms with van der Waals surface area (Å²) in [5.74, 6) is 1.31. The summed E-state index contributed by atoms with van der Waals surface area (Å²) in [5.41, 5.74) is 3.25. The van der Waals surface area contributed by atoms with E-state index in [2.05, 4.69) is 26.8 Å². The van der Waals surface area contributed by atoms with Gasteiger partial charge in [0.25, 0.3) is 0 Å². The van der Waals surface area contributed by atoms with Gasteiger partial charge in [0.2, 0.25) is 0 Å². The van der Waals surface area contributed by atoms with Crippen molar-refractivity contribution in [3.05, 3.63) is 59.2 Å². The van der Waals surface area contributed by atoms with E-state index in [0.717, 1.165) is 16.9 Å². The van der Waals surface area contributed by atoms with E-state index < -0.39 is 0 Å². The zero-order valence-electron chi connectivity index (χ0n) is 15.9. The van der Waals surface area contributed by atoms with Crippen LogP contribution < -0.4 is 9.47 Å². The molecule has 0 aliphatic carbocycles. The number of rotatable bonds is 6. The number of aryl methyl sites for hydroxylation is 2. The van der Waals surface area contributed by atoms with Crippen molar-refractivity contribution in [1.29, 1.82) is 0 Å². The molecule has 2 rings (SSSR count). The number of esters is 1. The fraction of sp³-hybridized carbons (Fsp3) is 0.409. The molecule has 3 heteroatoms. The summed E-state index contributed by atoms with van der Waals surface area (Å²) in [5, 5.41) is 0. The van der Waals surface area contributed by atoms with E-state index in [1.54, 1.807) is 0 Å². The molecule has 25 heavy (non-hydrogen) atoms. The van der Waals surface area contributed by atoms with Crippen LogP contribution in [0, 0.1) is 6.92 Å². The van der Waals surface area contributed by atoms with Crippen molar-refractivity contribution in [1.82, 2.24) is 0 Å². The quantitative estimate of drug-likeness (QED) is 0.533. The molecular weight excluding hydrogens is 312 g/mol. The third-order valence-corrected chi connectivity index (χ3v) is 4.02. The molecule has 3 nitrogen and oxygen atoms in total. The Morgan fingerprint density at radius 2 is 1.72 bits per heavy atom. The summed E-state index contributed by atoms with van der Waals surface area (Å²) in [6, 6.07) is 13.8. The Labute approximate surface area is 151 Å². The molecule has 0 saturated carbocycles. The highest BCUT2D eigenvalue weighted by Gasteiger charge is 2.20. The lowest BCUT2D eigenvalue weighted by atomic mass is 9.85. The normalized spacial score (nSPS) is 11.2. The van der Waals surface area contributed by atoms with Gasteiger partial charge in [-0.25, -0.2) is 0 Å². The highest BCUT2D eigenvalue weighted by Crippen LogP contribution is 2.32. The number of hydrogen-bond donors (Lipinski definition) is 0. The van der Waals surface area contributed by atoms with E-state index in [-0.39, 0.29) is 11.4 Å². The molecule has 0 saturated heterocycles. The van der Waals surface area contributed by atoms with Crippen molar-refractivity contribution >= 4 is 5.97 Å². The minimum absolute atomic E-state index is 0.0727. The lowest BCUT2D eigenvalue weighted by Crippen LogP contribution is -2.17. The fourth-order valence-electron chi connectivity index (χ4n) is 2.66. The molecule has 2 aromatic rings. The standard InChI is InChI=1S/C22H28O3/c1-6-24-18-11-8-17(9-12-18)10-14-21(23)25-20-13-7-16(2)15-19(20)22(3,4)5/h7-9,11-13,15H,6,10,14H2,1-5H3. The lowest BCUT2D eigenvalue weighted by Gasteiger charge is -2.22. The molecule has 0 aliphatic rings. The first-order valence-corrected chi connectivity index (χ1v) is 8.83. The third kappa shape index (κ3) is 5.63. The molecule has 0 fully saturated rings. The van der Waals surface area contributed by atoms with Crippen molar-refractivity contribution in [3.8, 4) is 11.5 Å². The van der Waals surface area contributed by atoms with E-state index in [1.165, 1.54) is 5.56 Å². The van der Waals surface area contributed by atoms with E-state index in [9.17, 15) is 4.79 Å². The first-order chi connectivity index (χ1) is 11.8. The third-order valence-electron chi connectivity index (χ3n) is 4.02. The van der Waals surface area contributed by atoms with Gasteiger partial charge in [0, 0.05) is 12.0 Å². The van der Waals surface area contributed by atoms with Crippen molar-refractivity contribution in [2.24, 2.45) is 0 Å². The first kappa shape index (κ1) is 19.0. The van der Waals surface area contributed by atoms with Gasteiger partial charge in [-0.3, -0.25) is 4.79 Å². The van der Waals surface area contributed by atoms with E-state index in [4.69, 9.17) is 9.47 Å². The molecule has 0 aliphatic heterocycles. The zero-order chi connectivity index (χ0) is 18.4. The van der Waals surface area contributed by atoms with Crippen LogP contribution in [0.3, 0.4) is 0 Å². The van der Waals surface area contributed by atoms with E-state index in [0.29, 0.717) is 25.2 Å². The van der Waals surface area contributed by atoms with Gasteiger partial charge in [-0.1, -0.05) is 50.6 Å². The van der Waals surface area contributed by atoms with Crippen LogP contribution in [0.1, 0.15) is 50.8 Å². The molecule has 0 atom stereocenters. The van der Waals surface area contributed by atoms with Gasteiger partial charge in [0.1, 0.15) is 11.5 Å². The second-order valence-corrected chi connectivity index (χ2v) is 7.30. The molecular formula is C22H28O3. The number of carbonyl (C=O) groups is 1. The SMILES string of the molecule is CCOc1ccc(CCC(=O)Oc2ccc(C)cc2C(C)(C)C)cc1. The molecule has 2 aromatic carbocycles. The van der Waals surface area contributed by atoms with Gasteiger partial charge in [-0.15, -0.1) is 0 Å². The largest absolute Gasteiger partial charge is 0.494 e. The molecule has 0 N–H and O–H groups in total. The minimum atomic E-state index is -0.205. The van der Waals surface area contributed by atoms with Crippen LogP contribution in [0.4, 0.5) is 0 Å². The van der Waals surface area contributed by atoms with Gasteiger partial charge in [-0.2, -0.15) is 0 Å². The Morgan fingerprint density at radius 3 is 2.32 bits per heavy atom. The molecule has 0 aromatic heterocycles. The molecule has 134 valence electrons. The predicted octanol–water partition coefficient (Wildman–Crippen LogP) is 5.23. The summed E-state index contributed by atoms with van der Waals surface area (Å²) in [6.45, 7) is 11.0. The zero-order valence-corrected chi connectivity index (χ0v) is 15.9. The first-order valence-electron chi connectivity index (χ1n) is 8.83. The maximum absolute atomic E-state index is 12.3. The highest BCUT2D eigenvalue weighted by molar-refractivity contribution is 5.73. The maximum Gasteiger partial charge on any atom is 0.311 e. The Morgan fingerprint density at radius 1 is 1.04 bits per heavy atom. The molecule has 0 amide bonds. The van der Waals surface area contributed by atoms with E-state index in [1.807, 2.05) is 50.2 Å². The Kier molecular flexibility index (Phi) is 6.24. The Balaban J connectivity index is 1.99. The number of ether oxygens (including phenoxy) is 2. The highest BCUT2D eigenvalue weighted by atomic mass is 16.5. The van der Waals surface area contributed by atoms with Gasteiger partial charge < -0.3 is 9.47 Å². The second kappa shape index (κ2) is 8.19. The number of hydrogen-bond acceptors (Lipinski definition) is 3. The molecule has 0 unspecified atom stereocenters. The van der Waals surface area contributed by atoms with Gasteiger partial charge >= 0.3 is 5.97 Å². The van der Waals surface area contributed by atoms with E-state index >= 15 is 0 Å². The Bertz CT molecular complexity index is 709. The predicted molar refractivity (Wildman–Crippen MR) is 101 cm³/mol. The van der Waals surface area contributed by atoms with Crippen LogP contribution in [0.2, 0.25) is 0 Å². The van der Waals surface area contributed by atoms with Crippen LogP contribution in [-0.4, -0.2) is 12.6 Å². The van der Waals surface area contributed by atoms with Crippen molar-refractivity contribution < 1.29 is 14.3 Å². The number of benzene rings is 2. The van der Waals surface area contributed by atoms with Crippen LogP contribution in [-0.2, 0) is 16.6 Å². The van der Waals surface area contributed by atoms with Crippen LogP contribution in [0.25, 0.3) is 0 Å². The molecule has 0 radical (unpaired) electrons. The summed E-state index contributed by atoms with van der Waals surface area (Å²) in [6.07, 6.45) is 1.01. The monoisotopic (exact) mass is 340 g/mol. The van der Waals surface area contributed by atoms with Crippen LogP contribution in [0.15, 0.2) is 42.5 Å². The average Bonchev–Trinajstić information content (AvgIpc) is 2.55. The van der Waals surface area contributed by atoms with Crippen molar-refractivity contribution in [2.75, 3.05) is 6.61 Å². The van der Waals surface area contributed by atoms with Crippen LogP contribution >= 0.6 is 0 Å². The minimum Gasteiger partial charge on any atom is -0.494 e. The van der Waals surface area contributed by atoms with Gasteiger partial charge in [0.15, 0.2) is 0 Å². The lowest BCUT2D eigenvalue weighted by molar-refractivity contribution is -0.134. The van der Waals surface area contributed by atoms with Gasteiger partial charge in [-0.05, 0) is 49.4 Å². The van der Waals surface area contributed by atoms with Crippen molar-refractivity contribution in [2.45, 2.75) is 52.9 Å². The van der Waals surface area contributed by atoms with Gasteiger partial charge in [0.05, 0.1) is 6.61 Å². The molecule has 0 spiro atoms. The average molecular weight is 340 g/mol. The topological polar surface area (TPSA) is 35.5 Å². The van der Waals surface area contributed by atoms with Crippen LogP contribution in [0.5, 0.6) is 11.5 Å². The summed E-state index contributed by atoms with van der Waals surface area (Å²) in [4.78, 5) is 12.3. The molecule has 0 bridgehead atoms. The van der Waals surface area contributed by atoms with Crippen molar-refractivity contribution in [3.63, 3.8) is 0 Å². The fourth-order valence-corrected chi connectivity index (χ4v) is 2.66. The molecule has 0 heterocycles. The number of carbonyl (C=O) groups excluding carboxylic acids is 1. The summed E-state index contributed by atoms with van der Waals surface area (Å²) >= 11 is 0. The maximum atomic E-state index is 12.3. The Hall–Kier alpha value is -2.29. The smallest absolute Gasteiger partial charge is 0.311 e. The second-order valence-electron chi connectivity index (χ2n) is 7.30.